The number of hydrogen-bond donors (Lipinski definition) is 1. The fraction of sp³-hybridized carbons (Fsp3) is 0.650. The van der Waals surface area contributed by atoms with E-state index in [1.165, 1.54) is 31.5 Å². The number of anilines is 1. The molecule has 1 amide bonds. The van der Waals surface area contributed by atoms with Crippen LogP contribution in [0.2, 0.25) is 0 Å². The van der Waals surface area contributed by atoms with Crippen LogP contribution >= 0.6 is 0 Å². The number of nitrogens with zero attached hydrogens (tertiary/aromatic N) is 3. The number of carbonyl (C=O) groups is 1. The topological polar surface area (TPSA) is 38.8 Å². The lowest BCUT2D eigenvalue weighted by Crippen LogP contribution is -2.57. The molecular formula is C20H31FN4O. The van der Waals surface area contributed by atoms with Crippen LogP contribution in [0.15, 0.2) is 18.2 Å². The number of rotatable bonds is 4. The van der Waals surface area contributed by atoms with Crippen LogP contribution in [-0.2, 0) is 4.79 Å². The molecule has 5 nitrogen and oxygen atoms in total. The van der Waals surface area contributed by atoms with Crippen LogP contribution in [0, 0.1) is 12.7 Å². The van der Waals surface area contributed by atoms with Crippen molar-refractivity contribution < 1.29 is 9.18 Å². The Morgan fingerprint density at radius 2 is 1.96 bits per heavy atom. The van der Waals surface area contributed by atoms with Gasteiger partial charge in [0.15, 0.2) is 0 Å². The first-order chi connectivity index (χ1) is 12.4. The predicted octanol–water partition coefficient (Wildman–Crippen LogP) is 2.17. The van der Waals surface area contributed by atoms with E-state index < -0.39 is 0 Å². The quantitative estimate of drug-likeness (QED) is 0.891. The molecule has 6 heteroatoms. The van der Waals surface area contributed by atoms with E-state index in [0.717, 1.165) is 38.3 Å². The largest absolute Gasteiger partial charge is 0.324 e. The van der Waals surface area contributed by atoms with Crippen molar-refractivity contribution in [2.75, 3.05) is 51.6 Å². The van der Waals surface area contributed by atoms with Gasteiger partial charge < -0.3 is 10.2 Å². The predicted molar refractivity (Wildman–Crippen MR) is 103 cm³/mol. The molecule has 3 rings (SSSR count). The molecule has 0 saturated carbocycles. The van der Waals surface area contributed by atoms with Gasteiger partial charge in [0, 0.05) is 44.5 Å². The molecule has 0 aliphatic carbocycles. The second-order valence-electron chi connectivity index (χ2n) is 7.75. The van der Waals surface area contributed by atoms with Crippen LogP contribution in [0.1, 0.15) is 25.3 Å². The van der Waals surface area contributed by atoms with E-state index in [9.17, 15) is 9.18 Å². The number of benzene rings is 1. The normalized spacial score (nSPS) is 24.4. The van der Waals surface area contributed by atoms with E-state index in [2.05, 4.69) is 27.1 Å². The molecule has 0 spiro atoms. The lowest BCUT2D eigenvalue weighted by Gasteiger charge is -2.43. The Morgan fingerprint density at radius 3 is 2.65 bits per heavy atom. The molecule has 26 heavy (non-hydrogen) atoms. The Bertz CT molecular complexity index is 630. The maximum Gasteiger partial charge on any atom is 0.241 e. The van der Waals surface area contributed by atoms with E-state index in [4.69, 9.17) is 0 Å². The van der Waals surface area contributed by atoms with E-state index in [0.29, 0.717) is 11.7 Å². The van der Waals surface area contributed by atoms with E-state index in [-0.39, 0.29) is 17.8 Å². The zero-order valence-electron chi connectivity index (χ0n) is 16.2. The number of halogens is 1. The Hall–Kier alpha value is -1.50. The van der Waals surface area contributed by atoms with Gasteiger partial charge in [0.1, 0.15) is 5.82 Å². The van der Waals surface area contributed by atoms with Gasteiger partial charge in [-0.15, -0.1) is 0 Å². The highest BCUT2D eigenvalue weighted by molar-refractivity contribution is 5.95. The molecule has 1 aromatic carbocycles. The minimum atomic E-state index is -0.329. The monoisotopic (exact) mass is 362 g/mol. The van der Waals surface area contributed by atoms with Crippen molar-refractivity contribution in [2.45, 2.75) is 38.8 Å². The van der Waals surface area contributed by atoms with Crippen molar-refractivity contribution >= 4 is 11.6 Å². The maximum atomic E-state index is 13.4. The highest BCUT2D eigenvalue weighted by Crippen LogP contribution is 2.19. The molecule has 1 N–H and O–H groups in total. The van der Waals surface area contributed by atoms with Gasteiger partial charge in [-0.1, -0.05) is 6.07 Å². The molecule has 2 heterocycles. The lowest BCUT2D eigenvalue weighted by molar-refractivity contribution is -0.121. The van der Waals surface area contributed by atoms with Crippen molar-refractivity contribution in [3.05, 3.63) is 29.6 Å². The molecule has 2 fully saturated rings. The summed E-state index contributed by atoms with van der Waals surface area (Å²) in [5.41, 5.74) is 1.43. The third kappa shape index (κ3) is 4.61. The van der Waals surface area contributed by atoms with Crippen LogP contribution in [0.4, 0.5) is 10.1 Å². The number of carbonyl (C=O) groups excluding carboxylic acids is 1. The second-order valence-corrected chi connectivity index (χ2v) is 7.75. The molecule has 2 aliphatic rings. The fourth-order valence-corrected chi connectivity index (χ4v) is 4.06. The highest BCUT2D eigenvalue weighted by Gasteiger charge is 2.30. The van der Waals surface area contributed by atoms with Gasteiger partial charge in [0.05, 0.1) is 6.04 Å². The Kier molecular flexibility index (Phi) is 6.27. The van der Waals surface area contributed by atoms with Crippen LogP contribution < -0.4 is 5.32 Å². The third-order valence-corrected chi connectivity index (χ3v) is 5.85. The summed E-state index contributed by atoms with van der Waals surface area (Å²) in [6.07, 6.45) is 2.55. The van der Waals surface area contributed by atoms with Gasteiger partial charge >= 0.3 is 0 Å². The molecule has 1 aromatic rings. The van der Waals surface area contributed by atoms with Gasteiger partial charge in [-0.05, 0) is 58.0 Å². The van der Waals surface area contributed by atoms with Crippen LogP contribution in [0.25, 0.3) is 0 Å². The molecule has 2 atom stereocenters. The second kappa shape index (κ2) is 8.46. The third-order valence-electron chi connectivity index (χ3n) is 5.85. The molecule has 2 aliphatic heterocycles. The SMILES string of the molecule is Cc1ccc(F)cc1NC(=O)C(C)N1CCN(C2CCCN(C)C2)CC1. The Labute approximate surface area is 156 Å². The minimum Gasteiger partial charge on any atom is -0.324 e. The number of amides is 1. The highest BCUT2D eigenvalue weighted by atomic mass is 19.1. The average Bonchev–Trinajstić information content (AvgIpc) is 2.64. The number of piperazine rings is 1. The zero-order valence-corrected chi connectivity index (χ0v) is 16.2. The molecule has 144 valence electrons. The summed E-state index contributed by atoms with van der Waals surface area (Å²) in [5.74, 6) is -0.394. The van der Waals surface area contributed by atoms with Crippen molar-refractivity contribution in [2.24, 2.45) is 0 Å². The van der Waals surface area contributed by atoms with Gasteiger partial charge in [0.25, 0.3) is 0 Å². The van der Waals surface area contributed by atoms with Crippen molar-refractivity contribution in [3.63, 3.8) is 0 Å². The van der Waals surface area contributed by atoms with E-state index in [1.54, 1.807) is 6.07 Å². The van der Waals surface area contributed by atoms with Gasteiger partial charge in [0.2, 0.25) is 5.91 Å². The van der Waals surface area contributed by atoms with E-state index >= 15 is 0 Å². The summed E-state index contributed by atoms with van der Waals surface area (Å²) in [6, 6.07) is 4.92. The number of hydrogen-bond acceptors (Lipinski definition) is 4. The standard InChI is InChI=1S/C20H31FN4O/c1-15-6-7-17(21)13-19(15)22-20(26)16(2)24-9-11-25(12-10-24)18-5-4-8-23(3)14-18/h6-7,13,16,18H,4-5,8-12,14H2,1-3H3,(H,22,26). The van der Waals surface area contributed by atoms with Crippen LogP contribution in [0.3, 0.4) is 0 Å². The first kappa shape index (κ1) is 19.3. The zero-order chi connectivity index (χ0) is 18.7. The van der Waals surface area contributed by atoms with Crippen molar-refractivity contribution in [1.82, 2.24) is 14.7 Å². The van der Waals surface area contributed by atoms with Crippen molar-refractivity contribution in [3.8, 4) is 0 Å². The molecule has 0 bridgehead atoms. The number of likely N-dealkylation sites (tertiary alicyclic amines) is 1. The number of nitrogens with one attached hydrogen (secondary N) is 1. The number of aryl methyl sites for hydroxylation is 1. The van der Waals surface area contributed by atoms with Gasteiger partial charge in [-0.3, -0.25) is 14.6 Å². The van der Waals surface area contributed by atoms with Crippen molar-refractivity contribution in [1.29, 1.82) is 0 Å². The lowest BCUT2D eigenvalue weighted by atomic mass is 10.0. The van der Waals surface area contributed by atoms with Crippen LogP contribution in [-0.4, -0.2) is 79.0 Å². The average molecular weight is 362 g/mol. The van der Waals surface area contributed by atoms with Crippen LogP contribution in [0.5, 0.6) is 0 Å². The molecular weight excluding hydrogens is 331 g/mol. The number of piperidine rings is 1. The van der Waals surface area contributed by atoms with E-state index in [1.807, 2.05) is 13.8 Å². The summed E-state index contributed by atoms with van der Waals surface area (Å²) in [5, 5.41) is 2.89. The maximum absolute atomic E-state index is 13.4. The summed E-state index contributed by atoms with van der Waals surface area (Å²) in [6.45, 7) is 9.98. The summed E-state index contributed by atoms with van der Waals surface area (Å²) >= 11 is 0. The van der Waals surface area contributed by atoms with Gasteiger partial charge in [-0.25, -0.2) is 4.39 Å². The Morgan fingerprint density at radius 1 is 1.23 bits per heavy atom. The molecule has 0 radical (unpaired) electrons. The first-order valence-electron chi connectivity index (χ1n) is 9.67. The summed E-state index contributed by atoms with van der Waals surface area (Å²) in [7, 11) is 2.20. The molecule has 2 unspecified atom stereocenters. The summed E-state index contributed by atoms with van der Waals surface area (Å²) in [4.78, 5) is 19.8. The number of likely N-dealkylation sites (N-methyl/N-ethyl adjacent to an activating group) is 1. The summed E-state index contributed by atoms with van der Waals surface area (Å²) < 4.78 is 13.4. The molecule has 0 aromatic heterocycles. The molecule has 2 saturated heterocycles. The first-order valence-corrected chi connectivity index (χ1v) is 9.67. The smallest absolute Gasteiger partial charge is 0.241 e. The fourth-order valence-electron chi connectivity index (χ4n) is 4.06. The minimum absolute atomic E-state index is 0.0652. The van der Waals surface area contributed by atoms with Gasteiger partial charge in [-0.2, -0.15) is 0 Å². The Balaban J connectivity index is 1.52.